The van der Waals surface area contributed by atoms with Crippen molar-refractivity contribution in [1.29, 1.82) is 0 Å². The van der Waals surface area contributed by atoms with E-state index in [0.29, 0.717) is 38.6 Å². The molecule has 0 aliphatic heterocycles. The maximum atomic E-state index is 13.8. The number of pyridine rings is 1. The van der Waals surface area contributed by atoms with Gasteiger partial charge in [-0.05, 0) is 48.4 Å². The number of nitrogens with one attached hydrogen (secondary N) is 1. The number of benzene rings is 3. The molecule has 2 heterocycles. The summed E-state index contributed by atoms with van der Waals surface area (Å²) in [4.78, 5) is 29.8. The van der Waals surface area contributed by atoms with Gasteiger partial charge in [0.2, 0.25) is 0 Å². The summed E-state index contributed by atoms with van der Waals surface area (Å²) in [6.07, 6.45) is -5.01. The standard InChI is InChI=1S/C30H25F3N2O5/c1-3-39-24(36)16-21-19-8-4-6-10-22(19)34-27(21)25(17-12-14-18(15-13-17)40-30(31,32)33)26-28(37)20-9-5-7-11-23(20)35(2)29(26)38/h4-15,25,34,37H,3,16H2,1-2H3. The summed E-state index contributed by atoms with van der Waals surface area (Å²) in [6, 6.07) is 19.2. The second-order valence-electron chi connectivity index (χ2n) is 9.24. The molecule has 2 aromatic heterocycles. The summed E-state index contributed by atoms with van der Waals surface area (Å²) < 4.78 is 49.2. The minimum Gasteiger partial charge on any atom is -0.507 e. The number of hydrogen-bond acceptors (Lipinski definition) is 5. The molecular formula is C30H25F3N2O5. The molecule has 0 bridgehead atoms. The number of rotatable bonds is 7. The van der Waals surface area contributed by atoms with Crippen LogP contribution in [0.2, 0.25) is 0 Å². The monoisotopic (exact) mass is 550 g/mol. The molecule has 0 saturated heterocycles. The van der Waals surface area contributed by atoms with Gasteiger partial charge in [-0.25, -0.2) is 0 Å². The van der Waals surface area contributed by atoms with Gasteiger partial charge in [-0.15, -0.1) is 13.2 Å². The van der Waals surface area contributed by atoms with E-state index >= 15 is 0 Å². The van der Waals surface area contributed by atoms with Crippen molar-refractivity contribution in [2.75, 3.05) is 6.61 Å². The fraction of sp³-hybridized carbons (Fsp3) is 0.200. The summed E-state index contributed by atoms with van der Waals surface area (Å²) in [5.41, 5.74) is 2.06. The number of alkyl halides is 3. The topological polar surface area (TPSA) is 93.6 Å². The van der Waals surface area contributed by atoms with E-state index < -0.39 is 29.6 Å². The van der Waals surface area contributed by atoms with E-state index in [1.165, 1.54) is 16.7 Å². The van der Waals surface area contributed by atoms with Gasteiger partial charge < -0.3 is 24.1 Å². The Labute approximate surface area is 226 Å². The minimum absolute atomic E-state index is 0.00218. The Morgan fingerprint density at radius 3 is 2.33 bits per heavy atom. The van der Waals surface area contributed by atoms with Gasteiger partial charge in [-0.1, -0.05) is 42.5 Å². The number of halogens is 3. The van der Waals surface area contributed by atoms with E-state index in [1.54, 1.807) is 44.3 Å². The molecule has 2 N–H and O–H groups in total. The van der Waals surface area contributed by atoms with Crippen molar-refractivity contribution < 1.29 is 32.5 Å². The second-order valence-corrected chi connectivity index (χ2v) is 9.24. The predicted molar refractivity (Wildman–Crippen MR) is 144 cm³/mol. The maximum Gasteiger partial charge on any atom is 0.573 e. The lowest BCUT2D eigenvalue weighted by Crippen LogP contribution is -2.25. The van der Waals surface area contributed by atoms with Crippen LogP contribution in [0.3, 0.4) is 0 Å². The highest BCUT2D eigenvalue weighted by Crippen LogP contribution is 2.41. The number of para-hydroxylation sites is 2. The lowest BCUT2D eigenvalue weighted by atomic mass is 9.85. The van der Waals surface area contributed by atoms with Gasteiger partial charge in [-0.3, -0.25) is 9.59 Å². The third-order valence-electron chi connectivity index (χ3n) is 6.81. The highest BCUT2D eigenvalue weighted by Gasteiger charge is 2.33. The SMILES string of the molecule is CCOC(=O)Cc1c(C(c2ccc(OC(F)(F)F)cc2)c2c(O)c3ccccc3n(C)c2=O)[nH]c2ccccc12. The molecule has 0 amide bonds. The first-order valence-corrected chi connectivity index (χ1v) is 12.5. The first-order valence-electron chi connectivity index (χ1n) is 12.5. The number of H-pyrrole nitrogens is 1. The molecule has 206 valence electrons. The lowest BCUT2D eigenvalue weighted by Gasteiger charge is -2.22. The average Bonchev–Trinajstić information content (AvgIpc) is 3.27. The summed E-state index contributed by atoms with van der Waals surface area (Å²) in [5.74, 6) is -2.18. The number of aromatic nitrogens is 2. The molecule has 1 unspecified atom stereocenters. The van der Waals surface area contributed by atoms with Crippen molar-refractivity contribution in [2.45, 2.75) is 25.6 Å². The van der Waals surface area contributed by atoms with Crippen molar-refractivity contribution in [3.63, 3.8) is 0 Å². The van der Waals surface area contributed by atoms with Crippen molar-refractivity contribution >= 4 is 27.8 Å². The molecule has 0 aliphatic rings. The van der Waals surface area contributed by atoms with Crippen LogP contribution in [0.5, 0.6) is 11.5 Å². The minimum atomic E-state index is -4.88. The van der Waals surface area contributed by atoms with Crippen LogP contribution < -0.4 is 10.3 Å². The van der Waals surface area contributed by atoms with Crippen molar-refractivity contribution in [3.8, 4) is 11.5 Å². The highest BCUT2D eigenvalue weighted by molar-refractivity contribution is 5.90. The normalized spacial score (nSPS) is 12.5. The number of carbonyl (C=O) groups is 1. The third-order valence-corrected chi connectivity index (χ3v) is 6.81. The van der Waals surface area contributed by atoms with Crippen LogP contribution in [0.25, 0.3) is 21.8 Å². The Balaban J connectivity index is 1.81. The zero-order valence-electron chi connectivity index (χ0n) is 21.6. The first kappa shape index (κ1) is 26.9. The van der Waals surface area contributed by atoms with Crippen LogP contribution in [0.15, 0.2) is 77.6 Å². The largest absolute Gasteiger partial charge is 0.573 e. The van der Waals surface area contributed by atoms with E-state index in [2.05, 4.69) is 9.72 Å². The number of esters is 1. The zero-order valence-corrected chi connectivity index (χ0v) is 21.6. The molecule has 5 rings (SSSR count). The van der Waals surface area contributed by atoms with Crippen LogP contribution in [0.1, 0.15) is 35.2 Å². The zero-order chi connectivity index (χ0) is 28.6. The molecule has 0 radical (unpaired) electrons. The molecule has 3 aromatic carbocycles. The van der Waals surface area contributed by atoms with E-state index in [9.17, 15) is 27.9 Å². The molecule has 0 aliphatic carbocycles. The van der Waals surface area contributed by atoms with Gasteiger partial charge in [0.05, 0.1) is 30.0 Å². The van der Waals surface area contributed by atoms with Crippen LogP contribution >= 0.6 is 0 Å². The molecule has 0 spiro atoms. The molecule has 0 saturated carbocycles. The number of fused-ring (bicyclic) bond motifs is 2. The quantitative estimate of drug-likeness (QED) is 0.246. The number of hydrogen-bond donors (Lipinski definition) is 2. The number of ether oxygens (including phenoxy) is 2. The predicted octanol–water partition coefficient (Wildman–Crippen LogP) is 5.91. The van der Waals surface area contributed by atoms with Gasteiger partial charge in [0.25, 0.3) is 5.56 Å². The third kappa shape index (κ3) is 5.00. The molecule has 1 atom stereocenters. The number of aromatic amines is 1. The summed E-state index contributed by atoms with van der Waals surface area (Å²) in [6.45, 7) is 1.87. The Hall–Kier alpha value is -4.73. The number of carbonyl (C=O) groups excluding carboxylic acids is 1. The van der Waals surface area contributed by atoms with Crippen molar-refractivity contribution in [3.05, 3.63) is 106 Å². The first-order chi connectivity index (χ1) is 19.1. The molecule has 40 heavy (non-hydrogen) atoms. The Kier molecular flexibility index (Phi) is 7.01. The fourth-order valence-corrected chi connectivity index (χ4v) is 5.12. The maximum absolute atomic E-state index is 13.8. The fourth-order valence-electron chi connectivity index (χ4n) is 5.12. The number of aryl methyl sites for hydroxylation is 1. The molecule has 0 fully saturated rings. The van der Waals surface area contributed by atoms with Crippen LogP contribution in [-0.4, -0.2) is 33.6 Å². The average molecular weight is 551 g/mol. The van der Waals surface area contributed by atoms with Crippen molar-refractivity contribution in [2.24, 2.45) is 7.05 Å². The van der Waals surface area contributed by atoms with Crippen LogP contribution in [0.4, 0.5) is 13.2 Å². The van der Waals surface area contributed by atoms with E-state index in [-0.39, 0.29) is 24.3 Å². The summed E-state index contributed by atoms with van der Waals surface area (Å²) >= 11 is 0. The summed E-state index contributed by atoms with van der Waals surface area (Å²) in [5, 5.41) is 12.6. The second kappa shape index (κ2) is 10.4. The molecule has 5 aromatic rings. The molecule has 7 nitrogen and oxygen atoms in total. The van der Waals surface area contributed by atoms with Gasteiger partial charge in [0, 0.05) is 29.0 Å². The highest BCUT2D eigenvalue weighted by atomic mass is 19.4. The van der Waals surface area contributed by atoms with Crippen molar-refractivity contribution in [1.82, 2.24) is 9.55 Å². The summed E-state index contributed by atoms with van der Waals surface area (Å²) in [7, 11) is 1.58. The Bertz CT molecular complexity index is 1770. The van der Waals surface area contributed by atoms with Crippen LogP contribution in [-0.2, 0) is 23.0 Å². The number of nitrogens with zero attached hydrogens (tertiary/aromatic N) is 1. The van der Waals surface area contributed by atoms with Crippen LogP contribution in [0, 0.1) is 0 Å². The Morgan fingerprint density at radius 1 is 1.00 bits per heavy atom. The Morgan fingerprint density at radius 2 is 1.65 bits per heavy atom. The van der Waals surface area contributed by atoms with Gasteiger partial charge >= 0.3 is 12.3 Å². The van der Waals surface area contributed by atoms with Gasteiger partial charge in [0.15, 0.2) is 0 Å². The van der Waals surface area contributed by atoms with E-state index in [0.717, 1.165) is 12.1 Å². The molecular weight excluding hydrogens is 525 g/mol. The van der Waals surface area contributed by atoms with E-state index in [4.69, 9.17) is 4.74 Å². The van der Waals surface area contributed by atoms with Gasteiger partial charge in [-0.2, -0.15) is 0 Å². The lowest BCUT2D eigenvalue weighted by molar-refractivity contribution is -0.274. The molecule has 10 heteroatoms. The number of aromatic hydroxyl groups is 1. The van der Waals surface area contributed by atoms with Gasteiger partial charge in [0.1, 0.15) is 11.5 Å². The van der Waals surface area contributed by atoms with E-state index in [1.807, 2.05) is 18.2 Å². The smallest absolute Gasteiger partial charge is 0.507 e.